The number of nitrogens with zero attached hydrogens (tertiary/aromatic N) is 4. The number of nitrogens with two attached hydrogens (primary N) is 2. The van der Waals surface area contributed by atoms with E-state index < -0.39 is 12.1 Å². The summed E-state index contributed by atoms with van der Waals surface area (Å²) < 4.78 is 41.7. The average molecular weight is 350 g/mol. The summed E-state index contributed by atoms with van der Waals surface area (Å²) in [4.78, 5) is 7.44. The summed E-state index contributed by atoms with van der Waals surface area (Å²) in [7, 11) is 0. The monoisotopic (exact) mass is 350 g/mol. The number of rotatable bonds is 4. The molecule has 0 fully saturated rings. The third-order valence-electron chi connectivity index (χ3n) is 3.32. The Balaban J connectivity index is 1.74. The van der Waals surface area contributed by atoms with Crippen LogP contribution in [0.1, 0.15) is 11.5 Å². The van der Waals surface area contributed by atoms with Crippen LogP contribution in [0.3, 0.4) is 0 Å². The Labute approximate surface area is 140 Å². The van der Waals surface area contributed by atoms with Crippen LogP contribution in [0.5, 0.6) is 0 Å². The third-order valence-corrected chi connectivity index (χ3v) is 3.32. The standard InChI is InChI=1S/C15H13F3N6O/c16-15(17,18)14-22-12(23-25-14)10-5-3-9(4-6-10)8-24(20)13-11(19)2-1-7-21-13/h1-7H,8,19-20H2. The first-order valence-electron chi connectivity index (χ1n) is 7.07. The summed E-state index contributed by atoms with van der Waals surface area (Å²) >= 11 is 0. The lowest BCUT2D eigenvalue weighted by Gasteiger charge is -2.19. The zero-order chi connectivity index (χ0) is 18.0. The van der Waals surface area contributed by atoms with Gasteiger partial charge in [-0.05, 0) is 17.7 Å². The van der Waals surface area contributed by atoms with Crippen molar-refractivity contribution in [2.45, 2.75) is 12.7 Å². The van der Waals surface area contributed by atoms with Gasteiger partial charge >= 0.3 is 12.1 Å². The van der Waals surface area contributed by atoms with Crippen LogP contribution in [0.2, 0.25) is 0 Å². The molecule has 0 bridgehead atoms. The van der Waals surface area contributed by atoms with Crippen LogP contribution in [0, 0.1) is 0 Å². The number of halogens is 3. The minimum atomic E-state index is -4.67. The van der Waals surface area contributed by atoms with E-state index in [0.29, 0.717) is 23.6 Å². The SMILES string of the molecule is Nc1cccnc1N(N)Cc1ccc(-c2noc(C(F)(F)F)n2)cc1. The van der Waals surface area contributed by atoms with E-state index in [2.05, 4.69) is 19.6 Å². The molecular weight excluding hydrogens is 337 g/mol. The molecule has 0 unspecified atom stereocenters. The van der Waals surface area contributed by atoms with E-state index in [1.54, 1.807) is 42.6 Å². The van der Waals surface area contributed by atoms with Crippen molar-refractivity contribution in [2.75, 3.05) is 10.7 Å². The summed E-state index contributed by atoms with van der Waals surface area (Å²) in [5.41, 5.74) is 7.44. The predicted molar refractivity (Wildman–Crippen MR) is 83.8 cm³/mol. The van der Waals surface area contributed by atoms with E-state index in [0.717, 1.165) is 5.56 Å². The Morgan fingerprint density at radius 3 is 2.44 bits per heavy atom. The van der Waals surface area contributed by atoms with Gasteiger partial charge in [0.15, 0.2) is 5.82 Å². The summed E-state index contributed by atoms with van der Waals surface area (Å²) in [6, 6.07) is 9.92. The number of hydrazine groups is 1. The largest absolute Gasteiger partial charge is 0.471 e. The smallest absolute Gasteiger partial charge is 0.396 e. The Bertz CT molecular complexity index is 862. The van der Waals surface area contributed by atoms with Crippen LogP contribution in [0.4, 0.5) is 24.7 Å². The molecular formula is C15H13F3N6O. The van der Waals surface area contributed by atoms with Gasteiger partial charge in [-0.1, -0.05) is 29.4 Å². The number of hydrogen-bond donors (Lipinski definition) is 2. The molecule has 2 aromatic heterocycles. The molecule has 0 aliphatic rings. The fourth-order valence-electron chi connectivity index (χ4n) is 2.14. The van der Waals surface area contributed by atoms with Crippen LogP contribution in [0.25, 0.3) is 11.4 Å². The normalized spacial score (nSPS) is 11.5. The van der Waals surface area contributed by atoms with Gasteiger partial charge in [-0.15, -0.1) is 0 Å². The molecule has 0 saturated carbocycles. The van der Waals surface area contributed by atoms with E-state index in [4.69, 9.17) is 11.6 Å². The van der Waals surface area contributed by atoms with Gasteiger partial charge in [0.05, 0.1) is 12.2 Å². The highest BCUT2D eigenvalue weighted by atomic mass is 19.4. The van der Waals surface area contributed by atoms with Gasteiger partial charge in [-0.3, -0.25) is 5.01 Å². The highest BCUT2D eigenvalue weighted by Crippen LogP contribution is 2.29. The van der Waals surface area contributed by atoms with Crippen LogP contribution >= 0.6 is 0 Å². The summed E-state index contributed by atoms with van der Waals surface area (Å²) in [6.07, 6.45) is -3.10. The quantitative estimate of drug-likeness (QED) is 0.550. The van der Waals surface area contributed by atoms with Gasteiger partial charge < -0.3 is 10.3 Å². The van der Waals surface area contributed by atoms with Gasteiger partial charge in [0.1, 0.15) is 0 Å². The lowest BCUT2D eigenvalue weighted by molar-refractivity contribution is -0.159. The molecule has 10 heteroatoms. The predicted octanol–water partition coefficient (Wildman–Crippen LogP) is 2.61. The van der Waals surface area contributed by atoms with Crippen LogP contribution in [0.15, 0.2) is 47.1 Å². The molecule has 0 radical (unpaired) electrons. The van der Waals surface area contributed by atoms with Gasteiger partial charge in [0.2, 0.25) is 5.82 Å². The van der Waals surface area contributed by atoms with Crippen LogP contribution < -0.4 is 16.6 Å². The second kappa shape index (κ2) is 6.40. The molecule has 0 aliphatic carbocycles. The Hall–Kier alpha value is -3.14. The maximum absolute atomic E-state index is 12.5. The summed E-state index contributed by atoms with van der Waals surface area (Å²) in [5, 5.41) is 4.71. The maximum Gasteiger partial charge on any atom is 0.471 e. The van der Waals surface area contributed by atoms with Gasteiger partial charge in [-0.2, -0.15) is 18.2 Å². The molecule has 4 N–H and O–H groups in total. The second-order valence-corrected chi connectivity index (χ2v) is 5.16. The number of benzene rings is 1. The average Bonchev–Trinajstić information content (AvgIpc) is 3.06. The van der Waals surface area contributed by atoms with Gasteiger partial charge in [-0.25, -0.2) is 10.8 Å². The molecule has 3 rings (SSSR count). The Morgan fingerprint density at radius 2 is 1.84 bits per heavy atom. The first kappa shape index (κ1) is 16.7. The number of anilines is 2. The molecule has 1 aromatic carbocycles. The highest BCUT2D eigenvalue weighted by Gasteiger charge is 2.38. The van der Waals surface area contributed by atoms with Gasteiger partial charge in [0, 0.05) is 11.8 Å². The van der Waals surface area contributed by atoms with E-state index in [1.807, 2.05) is 0 Å². The second-order valence-electron chi connectivity index (χ2n) is 5.16. The van der Waals surface area contributed by atoms with E-state index >= 15 is 0 Å². The minimum Gasteiger partial charge on any atom is -0.396 e. The van der Waals surface area contributed by atoms with Crippen molar-refractivity contribution in [1.82, 2.24) is 15.1 Å². The number of hydrogen-bond acceptors (Lipinski definition) is 7. The molecule has 0 atom stereocenters. The molecule has 25 heavy (non-hydrogen) atoms. The first-order valence-corrected chi connectivity index (χ1v) is 7.07. The van der Waals surface area contributed by atoms with Gasteiger partial charge in [0.25, 0.3) is 0 Å². The summed E-state index contributed by atoms with van der Waals surface area (Å²) in [5.74, 6) is 4.86. The number of alkyl halides is 3. The molecule has 3 aromatic rings. The number of pyridine rings is 1. The molecule has 0 saturated heterocycles. The van der Waals surface area contributed by atoms with Crippen molar-refractivity contribution in [3.05, 3.63) is 54.0 Å². The van der Waals surface area contributed by atoms with Crippen molar-refractivity contribution in [1.29, 1.82) is 0 Å². The van der Waals surface area contributed by atoms with Crippen molar-refractivity contribution in [3.63, 3.8) is 0 Å². The molecule has 7 nitrogen and oxygen atoms in total. The van der Waals surface area contributed by atoms with E-state index in [1.165, 1.54) is 5.01 Å². The highest BCUT2D eigenvalue weighted by molar-refractivity contribution is 5.61. The fourth-order valence-corrected chi connectivity index (χ4v) is 2.14. The molecule has 0 amide bonds. The first-order chi connectivity index (χ1) is 11.8. The van der Waals surface area contributed by atoms with Crippen molar-refractivity contribution in [3.8, 4) is 11.4 Å². The fraction of sp³-hybridized carbons (Fsp3) is 0.133. The number of aromatic nitrogens is 3. The minimum absolute atomic E-state index is 0.141. The summed E-state index contributed by atoms with van der Waals surface area (Å²) in [6.45, 7) is 0.307. The number of nitrogen functional groups attached to an aromatic ring is 1. The van der Waals surface area contributed by atoms with Crippen LogP contribution in [-0.4, -0.2) is 15.1 Å². The van der Waals surface area contributed by atoms with E-state index in [-0.39, 0.29) is 5.82 Å². The zero-order valence-electron chi connectivity index (χ0n) is 12.7. The third kappa shape index (κ3) is 3.69. The Kier molecular flexibility index (Phi) is 4.28. The lowest BCUT2D eigenvalue weighted by atomic mass is 10.1. The van der Waals surface area contributed by atoms with E-state index in [9.17, 15) is 13.2 Å². The lowest BCUT2D eigenvalue weighted by Crippen LogP contribution is -2.31. The molecule has 130 valence electrons. The molecule has 0 spiro atoms. The molecule has 0 aliphatic heterocycles. The Morgan fingerprint density at radius 1 is 1.12 bits per heavy atom. The topological polar surface area (TPSA) is 107 Å². The molecule has 2 heterocycles. The van der Waals surface area contributed by atoms with Crippen molar-refractivity contribution >= 4 is 11.5 Å². The van der Waals surface area contributed by atoms with Crippen molar-refractivity contribution in [2.24, 2.45) is 5.84 Å². The zero-order valence-corrected chi connectivity index (χ0v) is 12.7. The van der Waals surface area contributed by atoms with Crippen LogP contribution in [-0.2, 0) is 12.7 Å². The van der Waals surface area contributed by atoms with Crippen molar-refractivity contribution < 1.29 is 17.7 Å². The maximum atomic E-state index is 12.5.